The molecule has 1 aromatic rings. The molecule has 1 saturated carbocycles. The first-order chi connectivity index (χ1) is 8.30. The number of rotatable bonds is 4. The predicted octanol–water partition coefficient (Wildman–Crippen LogP) is 0.689. The second-order valence-corrected chi connectivity index (χ2v) is 6.65. The van der Waals surface area contributed by atoms with Gasteiger partial charge in [0.1, 0.15) is 0 Å². The predicted molar refractivity (Wildman–Crippen MR) is 69.7 cm³/mol. The Bertz CT molecular complexity index is 554. The number of nitrogen functional groups attached to an aromatic ring is 1. The van der Waals surface area contributed by atoms with Gasteiger partial charge < -0.3 is 10.8 Å². The number of hydrogen-bond donors (Lipinski definition) is 3. The van der Waals surface area contributed by atoms with Gasteiger partial charge in [-0.2, -0.15) is 0 Å². The van der Waals surface area contributed by atoms with E-state index in [1.54, 1.807) is 26.0 Å². The van der Waals surface area contributed by atoms with Gasteiger partial charge in [-0.1, -0.05) is 0 Å². The Morgan fingerprint density at radius 3 is 2.22 bits per heavy atom. The van der Waals surface area contributed by atoms with Gasteiger partial charge in [-0.05, 0) is 49.9 Å². The zero-order valence-electron chi connectivity index (χ0n) is 10.5. The summed E-state index contributed by atoms with van der Waals surface area (Å²) in [5, 5.41) is 9.20. The molecule has 0 aliphatic heterocycles. The largest absolute Gasteiger partial charge is 0.399 e. The fraction of sp³-hybridized carbons (Fsp3) is 0.500. The topological polar surface area (TPSA) is 92.4 Å². The number of benzene rings is 1. The molecule has 1 fully saturated rings. The molecule has 0 bridgehead atoms. The van der Waals surface area contributed by atoms with Crippen LogP contribution in [0.15, 0.2) is 17.0 Å². The molecule has 0 saturated heterocycles. The van der Waals surface area contributed by atoms with E-state index in [0.717, 1.165) is 0 Å². The number of hydrogen-bond acceptors (Lipinski definition) is 4. The molecule has 1 aliphatic rings. The van der Waals surface area contributed by atoms with Crippen molar-refractivity contribution < 1.29 is 13.5 Å². The van der Waals surface area contributed by atoms with Gasteiger partial charge in [0.05, 0.1) is 17.0 Å². The van der Waals surface area contributed by atoms with Gasteiger partial charge in [0, 0.05) is 5.69 Å². The second kappa shape index (κ2) is 4.22. The smallest absolute Gasteiger partial charge is 0.241 e. The van der Waals surface area contributed by atoms with Crippen molar-refractivity contribution in [2.75, 3.05) is 12.3 Å². The summed E-state index contributed by atoms with van der Waals surface area (Å²) in [6.45, 7) is 3.27. The highest BCUT2D eigenvalue weighted by Gasteiger charge is 2.46. The molecule has 1 aliphatic carbocycles. The van der Waals surface area contributed by atoms with Crippen molar-refractivity contribution in [1.29, 1.82) is 0 Å². The minimum atomic E-state index is -3.61. The Morgan fingerprint density at radius 1 is 1.33 bits per heavy atom. The molecule has 1 aromatic carbocycles. The van der Waals surface area contributed by atoms with Crippen LogP contribution in [0.25, 0.3) is 0 Å². The molecule has 0 radical (unpaired) electrons. The van der Waals surface area contributed by atoms with Crippen molar-refractivity contribution in [1.82, 2.24) is 4.72 Å². The Labute approximate surface area is 107 Å². The highest BCUT2D eigenvalue weighted by Crippen LogP contribution is 2.37. The number of aliphatic hydroxyl groups excluding tert-OH is 1. The fourth-order valence-electron chi connectivity index (χ4n) is 2.19. The van der Waals surface area contributed by atoms with Crippen LogP contribution in [0.4, 0.5) is 5.69 Å². The first-order valence-electron chi connectivity index (χ1n) is 5.81. The lowest BCUT2D eigenvalue weighted by Crippen LogP contribution is -2.40. The third-order valence-electron chi connectivity index (χ3n) is 3.26. The number of aliphatic hydroxyl groups is 1. The van der Waals surface area contributed by atoms with Gasteiger partial charge in [0.15, 0.2) is 0 Å². The normalized spacial score (nSPS) is 17.7. The van der Waals surface area contributed by atoms with E-state index in [0.29, 0.717) is 29.7 Å². The Balaban J connectivity index is 2.42. The zero-order chi connectivity index (χ0) is 13.6. The number of nitrogens with one attached hydrogen (secondary N) is 1. The molecule has 6 heteroatoms. The minimum Gasteiger partial charge on any atom is -0.399 e. The average molecular weight is 270 g/mol. The molecule has 5 nitrogen and oxygen atoms in total. The molecular formula is C12H18N2O3S. The van der Waals surface area contributed by atoms with Crippen molar-refractivity contribution in [2.24, 2.45) is 0 Å². The summed E-state index contributed by atoms with van der Waals surface area (Å²) in [5.41, 5.74) is 6.82. The zero-order valence-corrected chi connectivity index (χ0v) is 11.3. The number of anilines is 1. The van der Waals surface area contributed by atoms with Gasteiger partial charge in [0.25, 0.3) is 0 Å². The van der Waals surface area contributed by atoms with Crippen LogP contribution in [0.5, 0.6) is 0 Å². The summed E-state index contributed by atoms with van der Waals surface area (Å²) in [4.78, 5) is 0.261. The average Bonchev–Trinajstić information content (AvgIpc) is 2.95. The first kappa shape index (κ1) is 13.3. The van der Waals surface area contributed by atoms with Gasteiger partial charge in [-0.25, -0.2) is 13.1 Å². The van der Waals surface area contributed by atoms with Crippen molar-refractivity contribution in [3.05, 3.63) is 23.3 Å². The summed E-state index contributed by atoms with van der Waals surface area (Å²) >= 11 is 0. The quantitative estimate of drug-likeness (QED) is 0.702. The summed E-state index contributed by atoms with van der Waals surface area (Å²) in [7, 11) is -3.61. The standard InChI is InChI=1S/C12H18N2O3S/c1-8-5-10(13)6-9(2)11(8)18(16,17)14-12(7-15)3-4-12/h5-6,14-15H,3-4,7,13H2,1-2H3. The van der Waals surface area contributed by atoms with E-state index in [2.05, 4.69) is 4.72 Å². The summed E-state index contributed by atoms with van der Waals surface area (Å²) < 4.78 is 27.3. The van der Waals surface area contributed by atoms with Crippen LogP contribution in [-0.4, -0.2) is 25.7 Å². The summed E-state index contributed by atoms with van der Waals surface area (Å²) in [6.07, 6.45) is 1.35. The first-order valence-corrected chi connectivity index (χ1v) is 7.30. The van der Waals surface area contributed by atoms with Gasteiger partial charge >= 0.3 is 0 Å². The maximum atomic E-state index is 12.3. The van der Waals surface area contributed by atoms with E-state index in [-0.39, 0.29) is 11.5 Å². The van der Waals surface area contributed by atoms with Crippen LogP contribution < -0.4 is 10.5 Å². The van der Waals surface area contributed by atoms with Crippen LogP contribution in [0.2, 0.25) is 0 Å². The highest BCUT2D eigenvalue weighted by atomic mass is 32.2. The molecule has 0 atom stereocenters. The summed E-state index contributed by atoms with van der Waals surface area (Å²) in [5.74, 6) is 0. The fourth-order valence-corrected chi connectivity index (χ4v) is 4.09. The molecule has 18 heavy (non-hydrogen) atoms. The molecule has 0 unspecified atom stereocenters. The molecule has 0 heterocycles. The maximum absolute atomic E-state index is 12.3. The molecular weight excluding hydrogens is 252 g/mol. The molecule has 100 valence electrons. The van der Waals surface area contributed by atoms with E-state index in [1.165, 1.54) is 0 Å². The van der Waals surface area contributed by atoms with Gasteiger partial charge in [-0.15, -0.1) is 0 Å². The Hall–Kier alpha value is -1.11. The SMILES string of the molecule is Cc1cc(N)cc(C)c1S(=O)(=O)NC1(CO)CC1. The van der Waals surface area contributed by atoms with Gasteiger partial charge in [-0.3, -0.25) is 0 Å². The van der Waals surface area contributed by atoms with Crippen molar-refractivity contribution in [3.63, 3.8) is 0 Å². The van der Waals surface area contributed by atoms with Gasteiger partial charge in [0.2, 0.25) is 10.0 Å². The second-order valence-electron chi connectivity index (χ2n) is 5.03. The van der Waals surface area contributed by atoms with Crippen LogP contribution in [0, 0.1) is 13.8 Å². The number of aryl methyl sites for hydroxylation is 2. The molecule has 0 aromatic heterocycles. The van der Waals surface area contributed by atoms with Crippen LogP contribution in [-0.2, 0) is 10.0 Å². The number of sulfonamides is 1. The third kappa shape index (κ3) is 2.36. The number of nitrogens with two attached hydrogens (primary N) is 1. The highest BCUT2D eigenvalue weighted by molar-refractivity contribution is 7.89. The molecule has 0 amide bonds. The van der Waals surface area contributed by atoms with E-state index in [4.69, 9.17) is 5.73 Å². The van der Waals surface area contributed by atoms with Crippen LogP contribution >= 0.6 is 0 Å². The maximum Gasteiger partial charge on any atom is 0.241 e. The molecule has 2 rings (SSSR count). The van der Waals surface area contributed by atoms with E-state index < -0.39 is 15.6 Å². The van der Waals surface area contributed by atoms with Crippen LogP contribution in [0.1, 0.15) is 24.0 Å². The van der Waals surface area contributed by atoms with Crippen molar-refractivity contribution >= 4 is 15.7 Å². The third-order valence-corrected chi connectivity index (χ3v) is 5.14. The van der Waals surface area contributed by atoms with Crippen molar-refractivity contribution in [2.45, 2.75) is 37.1 Å². The Kier molecular flexibility index (Phi) is 3.12. The van der Waals surface area contributed by atoms with E-state index in [1.807, 2.05) is 0 Å². The lowest BCUT2D eigenvalue weighted by molar-refractivity contribution is 0.246. The van der Waals surface area contributed by atoms with E-state index >= 15 is 0 Å². The lowest BCUT2D eigenvalue weighted by Gasteiger charge is -2.17. The van der Waals surface area contributed by atoms with Crippen molar-refractivity contribution in [3.8, 4) is 0 Å². The monoisotopic (exact) mass is 270 g/mol. The van der Waals surface area contributed by atoms with Crippen LogP contribution in [0.3, 0.4) is 0 Å². The minimum absolute atomic E-state index is 0.167. The lowest BCUT2D eigenvalue weighted by atomic mass is 10.1. The Morgan fingerprint density at radius 2 is 1.83 bits per heavy atom. The molecule has 4 N–H and O–H groups in total. The van der Waals surface area contributed by atoms with E-state index in [9.17, 15) is 13.5 Å². The molecule has 0 spiro atoms. The summed E-state index contributed by atoms with van der Waals surface area (Å²) in [6, 6.07) is 3.28.